The van der Waals surface area contributed by atoms with Crippen molar-refractivity contribution in [1.82, 2.24) is 10.2 Å². The molecule has 5 heteroatoms. The van der Waals surface area contributed by atoms with E-state index < -0.39 is 11.6 Å². The summed E-state index contributed by atoms with van der Waals surface area (Å²) in [6, 6.07) is -0.484. The third-order valence-corrected chi connectivity index (χ3v) is 3.65. The predicted octanol–water partition coefficient (Wildman–Crippen LogP) is 1.56. The largest absolute Gasteiger partial charge is 0.377 e. The highest BCUT2D eigenvalue weighted by Gasteiger charge is 2.49. The number of nitrogens with one attached hydrogen (secondary N) is 1. The fourth-order valence-corrected chi connectivity index (χ4v) is 2.28. The van der Waals surface area contributed by atoms with Gasteiger partial charge in [0.2, 0.25) is 11.8 Å². The van der Waals surface area contributed by atoms with Crippen molar-refractivity contribution in [2.45, 2.75) is 66.2 Å². The molecule has 0 aromatic heterocycles. The van der Waals surface area contributed by atoms with Crippen LogP contribution in [0.4, 0.5) is 0 Å². The molecule has 1 saturated heterocycles. The lowest BCUT2D eigenvalue weighted by Crippen LogP contribution is -2.71. The molecule has 0 bridgehead atoms. The van der Waals surface area contributed by atoms with Gasteiger partial charge in [-0.25, -0.2) is 0 Å². The second-order valence-electron chi connectivity index (χ2n) is 7.24. The normalized spacial score (nSPS) is 23.2. The lowest BCUT2D eigenvalue weighted by atomic mass is 9.82. The van der Waals surface area contributed by atoms with Crippen molar-refractivity contribution in [2.75, 3.05) is 13.2 Å². The number of rotatable bonds is 4. The van der Waals surface area contributed by atoms with E-state index in [2.05, 4.69) is 5.32 Å². The Morgan fingerprint density at radius 3 is 2.30 bits per heavy atom. The molecular weight excluding hydrogens is 256 g/mol. The molecule has 1 unspecified atom stereocenters. The molecule has 5 nitrogen and oxygen atoms in total. The molecule has 0 aliphatic carbocycles. The molecule has 20 heavy (non-hydrogen) atoms. The Kier molecular flexibility index (Phi) is 4.85. The summed E-state index contributed by atoms with van der Waals surface area (Å²) in [5.41, 5.74) is -1.14. The SMILES string of the molecule is CC(C)OCCN1C(=O)C(C(C)(C)C)NC(=O)C1(C)C. The van der Waals surface area contributed by atoms with Crippen molar-refractivity contribution in [2.24, 2.45) is 5.41 Å². The summed E-state index contributed by atoms with van der Waals surface area (Å²) in [5, 5.41) is 2.85. The molecule has 1 aliphatic rings. The molecule has 0 spiro atoms. The first kappa shape index (κ1) is 17.0. The first-order valence-corrected chi connectivity index (χ1v) is 7.22. The molecule has 0 saturated carbocycles. The average Bonchev–Trinajstić information content (AvgIpc) is 2.26. The summed E-state index contributed by atoms with van der Waals surface area (Å²) >= 11 is 0. The summed E-state index contributed by atoms with van der Waals surface area (Å²) in [6.07, 6.45) is 0.116. The summed E-state index contributed by atoms with van der Waals surface area (Å²) in [5.74, 6) is -0.143. The first-order valence-electron chi connectivity index (χ1n) is 7.22. The number of hydrogen-bond acceptors (Lipinski definition) is 3. The number of carbonyl (C=O) groups is 2. The maximum atomic E-state index is 12.7. The van der Waals surface area contributed by atoms with Crippen LogP contribution in [0.3, 0.4) is 0 Å². The van der Waals surface area contributed by atoms with E-state index >= 15 is 0 Å². The van der Waals surface area contributed by atoms with Gasteiger partial charge in [-0.15, -0.1) is 0 Å². The van der Waals surface area contributed by atoms with Crippen LogP contribution in [-0.4, -0.2) is 47.6 Å². The Hall–Kier alpha value is -1.10. The highest BCUT2D eigenvalue weighted by molar-refractivity contribution is 5.99. The quantitative estimate of drug-likeness (QED) is 0.852. The Bertz CT molecular complexity index is 383. The van der Waals surface area contributed by atoms with Crippen molar-refractivity contribution in [3.8, 4) is 0 Å². The van der Waals surface area contributed by atoms with Gasteiger partial charge < -0.3 is 15.0 Å². The van der Waals surface area contributed by atoms with Crippen LogP contribution in [0.5, 0.6) is 0 Å². The Balaban J connectivity index is 2.90. The predicted molar refractivity (Wildman–Crippen MR) is 78.3 cm³/mol. The maximum Gasteiger partial charge on any atom is 0.246 e. The van der Waals surface area contributed by atoms with E-state index in [1.807, 2.05) is 34.6 Å². The minimum absolute atomic E-state index is 0.0329. The van der Waals surface area contributed by atoms with Gasteiger partial charge in [-0.2, -0.15) is 0 Å². The van der Waals surface area contributed by atoms with Crippen LogP contribution < -0.4 is 5.32 Å². The fraction of sp³-hybridized carbons (Fsp3) is 0.867. The second-order valence-corrected chi connectivity index (χ2v) is 7.24. The van der Waals surface area contributed by atoms with Crippen LogP contribution in [0.1, 0.15) is 48.5 Å². The van der Waals surface area contributed by atoms with Gasteiger partial charge in [0.15, 0.2) is 0 Å². The lowest BCUT2D eigenvalue weighted by molar-refractivity contribution is -0.159. The molecule has 1 atom stereocenters. The Morgan fingerprint density at radius 1 is 1.30 bits per heavy atom. The van der Waals surface area contributed by atoms with Crippen molar-refractivity contribution in [3.05, 3.63) is 0 Å². The lowest BCUT2D eigenvalue weighted by Gasteiger charge is -2.47. The van der Waals surface area contributed by atoms with Crippen LogP contribution in [0.25, 0.3) is 0 Å². The van der Waals surface area contributed by atoms with Crippen molar-refractivity contribution in [3.63, 3.8) is 0 Å². The smallest absolute Gasteiger partial charge is 0.246 e. The van der Waals surface area contributed by atoms with Crippen molar-refractivity contribution >= 4 is 11.8 Å². The first-order chi connectivity index (χ1) is 8.98. The maximum absolute atomic E-state index is 12.7. The topological polar surface area (TPSA) is 58.6 Å². The van der Waals surface area contributed by atoms with Gasteiger partial charge in [-0.05, 0) is 33.1 Å². The third-order valence-electron chi connectivity index (χ3n) is 3.65. The fourth-order valence-electron chi connectivity index (χ4n) is 2.28. The minimum atomic E-state index is -0.834. The van der Waals surface area contributed by atoms with E-state index in [-0.39, 0.29) is 23.3 Å². The van der Waals surface area contributed by atoms with E-state index in [1.54, 1.807) is 18.7 Å². The van der Waals surface area contributed by atoms with Gasteiger partial charge in [-0.3, -0.25) is 9.59 Å². The van der Waals surface area contributed by atoms with E-state index in [0.29, 0.717) is 13.2 Å². The molecule has 116 valence electrons. The molecule has 1 aliphatic heterocycles. The molecular formula is C15H28N2O3. The molecule has 1 N–H and O–H groups in total. The van der Waals surface area contributed by atoms with Crippen LogP contribution >= 0.6 is 0 Å². The molecule has 0 aromatic carbocycles. The summed E-state index contributed by atoms with van der Waals surface area (Å²) in [6.45, 7) is 14.2. The summed E-state index contributed by atoms with van der Waals surface area (Å²) < 4.78 is 5.52. The van der Waals surface area contributed by atoms with Gasteiger partial charge in [0.1, 0.15) is 11.6 Å². The zero-order valence-electron chi connectivity index (χ0n) is 13.7. The Labute approximate surface area is 122 Å². The van der Waals surface area contributed by atoms with E-state index in [0.717, 1.165) is 0 Å². The Morgan fingerprint density at radius 2 is 1.85 bits per heavy atom. The number of amides is 2. The van der Waals surface area contributed by atoms with Crippen LogP contribution in [0.2, 0.25) is 0 Å². The standard InChI is InChI=1S/C15H28N2O3/c1-10(2)20-9-8-17-12(18)11(14(3,4)5)16-13(19)15(17,6)7/h10-11H,8-9H2,1-7H3,(H,16,19). The van der Waals surface area contributed by atoms with Crippen molar-refractivity contribution < 1.29 is 14.3 Å². The number of nitrogens with zero attached hydrogens (tertiary/aromatic N) is 1. The van der Waals surface area contributed by atoms with Crippen LogP contribution in [-0.2, 0) is 14.3 Å². The third kappa shape index (κ3) is 3.51. The highest BCUT2D eigenvalue weighted by atomic mass is 16.5. The zero-order chi connectivity index (χ0) is 15.7. The number of hydrogen-bond donors (Lipinski definition) is 1. The molecule has 0 radical (unpaired) electrons. The molecule has 2 amide bonds. The number of ether oxygens (including phenoxy) is 1. The minimum Gasteiger partial charge on any atom is -0.377 e. The van der Waals surface area contributed by atoms with E-state index in [4.69, 9.17) is 4.74 Å². The highest BCUT2D eigenvalue weighted by Crippen LogP contribution is 2.29. The molecule has 1 rings (SSSR count). The van der Waals surface area contributed by atoms with Gasteiger partial charge in [-0.1, -0.05) is 20.8 Å². The molecule has 0 aromatic rings. The van der Waals surface area contributed by atoms with Crippen LogP contribution in [0, 0.1) is 5.41 Å². The summed E-state index contributed by atoms with van der Waals surface area (Å²) in [7, 11) is 0. The molecule has 1 fully saturated rings. The van der Waals surface area contributed by atoms with E-state index in [9.17, 15) is 9.59 Å². The van der Waals surface area contributed by atoms with Crippen LogP contribution in [0.15, 0.2) is 0 Å². The van der Waals surface area contributed by atoms with Gasteiger partial charge in [0, 0.05) is 6.54 Å². The zero-order valence-corrected chi connectivity index (χ0v) is 13.7. The monoisotopic (exact) mass is 284 g/mol. The van der Waals surface area contributed by atoms with E-state index in [1.165, 1.54) is 0 Å². The summed E-state index contributed by atoms with van der Waals surface area (Å²) in [4.78, 5) is 26.6. The van der Waals surface area contributed by atoms with Gasteiger partial charge in [0.25, 0.3) is 0 Å². The van der Waals surface area contributed by atoms with Gasteiger partial charge >= 0.3 is 0 Å². The average molecular weight is 284 g/mol. The second kappa shape index (κ2) is 5.72. The number of piperazine rings is 1. The number of carbonyl (C=O) groups excluding carboxylic acids is 2. The van der Waals surface area contributed by atoms with Crippen molar-refractivity contribution in [1.29, 1.82) is 0 Å². The van der Waals surface area contributed by atoms with Gasteiger partial charge in [0.05, 0.1) is 12.7 Å². The molecule has 1 heterocycles.